The van der Waals surface area contributed by atoms with E-state index in [1.807, 2.05) is 11.9 Å². The zero-order valence-corrected chi connectivity index (χ0v) is 18.4. The molecule has 1 aromatic heterocycles. The average Bonchev–Trinajstić information content (AvgIpc) is 3.18. The molecule has 0 aromatic carbocycles. The van der Waals surface area contributed by atoms with Crippen LogP contribution in [-0.2, 0) is 0 Å². The van der Waals surface area contributed by atoms with Crippen molar-refractivity contribution in [2.24, 2.45) is 4.99 Å². The second-order valence-corrected chi connectivity index (χ2v) is 6.16. The molecule has 0 saturated carbocycles. The van der Waals surface area contributed by atoms with Crippen LogP contribution >= 0.6 is 24.0 Å². The summed E-state index contributed by atoms with van der Waals surface area (Å²) < 4.78 is 5.20. The summed E-state index contributed by atoms with van der Waals surface area (Å²) >= 11 is 0. The Balaban J connectivity index is 0.00000338. The van der Waals surface area contributed by atoms with Crippen molar-refractivity contribution in [2.45, 2.75) is 20.3 Å². The number of likely N-dealkylation sites (N-methyl/N-ethyl adjacent to an activating group) is 1. The van der Waals surface area contributed by atoms with Crippen LogP contribution in [0.25, 0.3) is 0 Å². The minimum atomic E-state index is -0.0363. The summed E-state index contributed by atoms with van der Waals surface area (Å²) in [6, 6.07) is 3.46. The van der Waals surface area contributed by atoms with E-state index in [0.29, 0.717) is 18.8 Å². The van der Waals surface area contributed by atoms with Crippen LogP contribution in [0, 0.1) is 0 Å². The summed E-state index contributed by atoms with van der Waals surface area (Å²) in [5, 5.41) is 3.45. The van der Waals surface area contributed by atoms with E-state index >= 15 is 0 Å². The first-order valence-corrected chi connectivity index (χ1v) is 9.20. The number of halogens is 1. The molecule has 0 atom stereocenters. The normalized spacial score (nSPS) is 15.2. The third kappa shape index (κ3) is 6.46. The lowest BCUT2D eigenvalue weighted by Gasteiger charge is -2.36. The number of piperazine rings is 1. The summed E-state index contributed by atoms with van der Waals surface area (Å²) in [6.45, 7) is 11.4. The molecule has 0 aliphatic carbocycles. The fourth-order valence-corrected chi connectivity index (χ4v) is 3.08. The van der Waals surface area contributed by atoms with Crippen molar-refractivity contribution in [3.8, 4) is 0 Å². The average molecular weight is 477 g/mol. The SMILES string of the molecule is CCCN(CC)CCNC(=NC)N1CCN(C(=O)c2ccco2)CC1.I. The van der Waals surface area contributed by atoms with E-state index in [2.05, 4.69) is 34.0 Å². The van der Waals surface area contributed by atoms with Gasteiger partial charge in [0.1, 0.15) is 0 Å². The van der Waals surface area contributed by atoms with Crippen LogP contribution in [0.3, 0.4) is 0 Å². The minimum absolute atomic E-state index is 0. The van der Waals surface area contributed by atoms with Gasteiger partial charge in [-0.2, -0.15) is 0 Å². The Kier molecular flexibility index (Phi) is 10.6. The van der Waals surface area contributed by atoms with E-state index in [0.717, 1.165) is 45.2 Å². The lowest BCUT2D eigenvalue weighted by molar-refractivity contribution is 0.0657. The van der Waals surface area contributed by atoms with Gasteiger partial charge in [-0.15, -0.1) is 24.0 Å². The monoisotopic (exact) mass is 477 g/mol. The zero-order valence-electron chi connectivity index (χ0n) is 16.1. The van der Waals surface area contributed by atoms with Crippen LogP contribution in [0.4, 0.5) is 0 Å². The highest BCUT2D eigenvalue weighted by molar-refractivity contribution is 14.0. The van der Waals surface area contributed by atoms with Crippen LogP contribution in [0.1, 0.15) is 30.8 Å². The molecule has 0 radical (unpaired) electrons. The first-order valence-electron chi connectivity index (χ1n) is 9.20. The highest BCUT2D eigenvalue weighted by Crippen LogP contribution is 2.09. The van der Waals surface area contributed by atoms with E-state index in [9.17, 15) is 4.79 Å². The summed E-state index contributed by atoms with van der Waals surface area (Å²) in [5.74, 6) is 1.29. The van der Waals surface area contributed by atoms with Gasteiger partial charge in [-0.3, -0.25) is 9.79 Å². The molecule has 8 heteroatoms. The van der Waals surface area contributed by atoms with Gasteiger partial charge in [0.15, 0.2) is 11.7 Å². The van der Waals surface area contributed by atoms with Crippen molar-refractivity contribution in [3.63, 3.8) is 0 Å². The Hall–Kier alpha value is -1.29. The molecule has 2 rings (SSSR count). The Labute approximate surface area is 173 Å². The molecule has 7 nitrogen and oxygen atoms in total. The highest BCUT2D eigenvalue weighted by atomic mass is 127. The first kappa shape index (κ1) is 22.8. The van der Waals surface area contributed by atoms with Gasteiger partial charge in [-0.1, -0.05) is 13.8 Å². The lowest BCUT2D eigenvalue weighted by Crippen LogP contribution is -2.54. The maximum Gasteiger partial charge on any atom is 0.289 e. The van der Waals surface area contributed by atoms with E-state index in [-0.39, 0.29) is 29.9 Å². The second-order valence-electron chi connectivity index (χ2n) is 6.16. The Morgan fingerprint density at radius 1 is 1.23 bits per heavy atom. The minimum Gasteiger partial charge on any atom is -0.459 e. The van der Waals surface area contributed by atoms with Gasteiger partial charge in [-0.05, 0) is 31.6 Å². The summed E-state index contributed by atoms with van der Waals surface area (Å²) in [7, 11) is 1.81. The third-order valence-electron chi connectivity index (χ3n) is 4.51. The first-order chi connectivity index (χ1) is 12.2. The van der Waals surface area contributed by atoms with E-state index in [1.165, 1.54) is 12.7 Å². The molecule has 1 aliphatic heterocycles. The van der Waals surface area contributed by atoms with Crippen LogP contribution in [-0.4, -0.2) is 86.0 Å². The highest BCUT2D eigenvalue weighted by Gasteiger charge is 2.25. The number of furan rings is 1. The molecule has 1 saturated heterocycles. The number of hydrogen-bond acceptors (Lipinski definition) is 4. The number of hydrogen-bond donors (Lipinski definition) is 1. The molecular weight excluding hydrogens is 445 g/mol. The molecule has 148 valence electrons. The smallest absolute Gasteiger partial charge is 0.289 e. The molecule has 1 aliphatic rings. The zero-order chi connectivity index (χ0) is 18.1. The molecule has 0 spiro atoms. The van der Waals surface area contributed by atoms with Crippen molar-refractivity contribution in [1.29, 1.82) is 0 Å². The second kappa shape index (κ2) is 12.2. The summed E-state index contributed by atoms with van der Waals surface area (Å²) in [6.07, 6.45) is 2.71. The van der Waals surface area contributed by atoms with Crippen molar-refractivity contribution in [2.75, 3.05) is 59.4 Å². The van der Waals surface area contributed by atoms with Gasteiger partial charge in [-0.25, -0.2) is 0 Å². The van der Waals surface area contributed by atoms with Gasteiger partial charge in [0.2, 0.25) is 0 Å². The van der Waals surface area contributed by atoms with Gasteiger partial charge in [0, 0.05) is 46.3 Å². The fourth-order valence-electron chi connectivity index (χ4n) is 3.08. The maximum absolute atomic E-state index is 12.3. The Bertz CT molecular complexity index is 542. The van der Waals surface area contributed by atoms with E-state index in [4.69, 9.17) is 4.42 Å². The largest absolute Gasteiger partial charge is 0.459 e. The number of aliphatic imine (C=N–C) groups is 1. The molecule has 1 N–H and O–H groups in total. The van der Waals surface area contributed by atoms with Crippen LogP contribution in [0.2, 0.25) is 0 Å². The number of guanidine groups is 1. The quantitative estimate of drug-likeness (QED) is 0.370. The maximum atomic E-state index is 12.3. The van der Waals surface area contributed by atoms with E-state index in [1.54, 1.807) is 12.1 Å². The molecule has 1 amide bonds. The number of carbonyl (C=O) groups is 1. The standard InChI is InChI=1S/C18H31N5O2.HI/c1-4-9-21(5-2)10-8-20-18(19-3)23-13-11-22(12-14-23)17(24)16-7-6-15-25-16;/h6-7,15H,4-5,8-14H2,1-3H3,(H,19,20);1H. The van der Waals surface area contributed by atoms with Gasteiger partial charge < -0.3 is 24.4 Å². The van der Waals surface area contributed by atoms with Gasteiger partial charge >= 0.3 is 0 Å². The molecule has 1 aromatic rings. The van der Waals surface area contributed by atoms with Crippen LogP contribution in [0.15, 0.2) is 27.8 Å². The third-order valence-corrected chi connectivity index (χ3v) is 4.51. The van der Waals surface area contributed by atoms with Gasteiger partial charge in [0.05, 0.1) is 6.26 Å². The molecule has 2 heterocycles. The topological polar surface area (TPSA) is 64.3 Å². The van der Waals surface area contributed by atoms with Crippen LogP contribution in [0.5, 0.6) is 0 Å². The lowest BCUT2D eigenvalue weighted by atomic mass is 10.3. The van der Waals surface area contributed by atoms with Crippen molar-refractivity contribution in [3.05, 3.63) is 24.2 Å². The van der Waals surface area contributed by atoms with E-state index < -0.39 is 0 Å². The summed E-state index contributed by atoms with van der Waals surface area (Å²) in [5.41, 5.74) is 0. The van der Waals surface area contributed by atoms with Crippen molar-refractivity contribution in [1.82, 2.24) is 20.0 Å². The van der Waals surface area contributed by atoms with Crippen LogP contribution < -0.4 is 5.32 Å². The molecule has 26 heavy (non-hydrogen) atoms. The number of nitrogens with zero attached hydrogens (tertiary/aromatic N) is 4. The predicted molar refractivity (Wildman–Crippen MR) is 115 cm³/mol. The number of rotatable bonds is 7. The van der Waals surface area contributed by atoms with Crippen molar-refractivity contribution < 1.29 is 9.21 Å². The fraction of sp³-hybridized carbons (Fsp3) is 0.667. The number of amides is 1. The van der Waals surface area contributed by atoms with Crippen molar-refractivity contribution >= 4 is 35.8 Å². The summed E-state index contributed by atoms with van der Waals surface area (Å²) in [4.78, 5) is 23.2. The molecular formula is C18H32IN5O2. The number of carbonyl (C=O) groups excluding carboxylic acids is 1. The Morgan fingerprint density at radius 3 is 2.46 bits per heavy atom. The molecule has 1 fully saturated rings. The van der Waals surface area contributed by atoms with Gasteiger partial charge in [0.25, 0.3) is 5.91 Å². The molecule has 0 unspecified atom stereocenters. The predicted octanol–water partition coefficient (Wildman–Crippen LogP) is 1.96. The molecule has 0 bridgehead atoms. The number of nitrogens with one attached hydrogen (secondary N) is 1. The Morgan fingerprint density at radius 2 is 1.92 bits per heavy atom.